The molecule has 2 unspecified atom stereocenters. The first-order valence-electron chi connectivity index (χ1n) is 9.14. The molecule has 2 saturated heterocycles. The van der Waals surface area contributed by atoms with Crippen LogP contribution in [0.15, 0.2) is 12.4 Å². The first-order chi connectivity index (χ1) is 12.0. The van der Waals surface area contributed by atoms with Gasteiger partial charge in [0.2, 0.25) is 0 Å². The molecule has 0 spiro atoms. The van der Waals surface area contributed by atoms with Gasteiger partial charge in [0.15, 0.2) is 6.10 Å². The summed E-state index contributed by atoms with van der Waals surface area (Å²) in [6, 6.07) is 0.320. The molecule has 2 fully saturated rings. The normalized spacial score (nSPS) is 24.8. The summed E-state index contributed by atoms with van der Waals surface area (Å²) in [4.78, 5) is 28.7. The number of hydrogen-bond acceptors (Lipinski definition) is 4. The Morgan fingerprint density at radius 2 is 2.04 bits per heavy atom. The van der Waals surface area contributed by atoms with Crippen molar-refractivity contribution < 1.29 is 14.3 Å². The van der Waals surface area contributed by atoms with Crippen molar-refractivity contribution in [3.63, 3.8) is 0 Å². The maximum Gasteiger partial charge on any atom is 0.257 e. The average molecular weight is 348 g/mol. The van der Waals surface area contributed by atoms with Gasteiger partial charge in [0.1, 0.15) is 0 Å². The third-order valence-corrected chi connectivity index (χ3v) is 5.45. The minimum absolute atomic E-state index is 0.0480. The molecule has 0 bridgehead atoms. The molecule has 0 aliphatic carbocycles. The Hall–Kier alpha value is -1.89. The Morgan fingerprint density at radius 3 is 2.56 bits per heavy atom. The van der Waals surface area contributed by atoms with Crippen LogP contribution in [0.5, 0.6) is 0 Å². The van der Waals surface area contributed by atoms with Crippen LogP contribution in [0.25, 0.3) is 0 Å². The standard InChI is InChI=1S/C18H28N4O3/c1-5-21-11-14(10-19-21)17(23)20-8-6-13(7-9-20)15-16(25-4)18(24)22(15)12(2)3/h10-13,15-16H,5-9H2,1-4H3. The number of carbonyl (C=O) groups excluding carboxylic acids is 2. The molecule has 2 amide bonds. The molecule has 1 aromatic rings. The Bertz CT molecular complexity index is 634. The number of piperidine rings is 1. The Kier molecular flexibility index (Phi) is 5.13. The van der Waals surface area contributed by atoms with E-state index in [0.717, 1.165) is 19.4 Å². The Morgan fingerprint density at radius 1 is 1.36 bits per heavy atom. The summed E-state index contributed by atoms with van der Waals surface area (Å²) in [5.41, 5.74) is 0.651. The van der Waals surface area contributed by atoms with Gasteiger partial charge in [0.05, 0.1) is 17.8 Å². The highest BCUT2D eigenvalue weighted by atomic mass is 16.5. The average Bonchev–Trinajstić information content (AvgIpc) is 3.08. The first-order valence-corrected chi connectivity index (χ1v) is 9.14. The number of β-lactam (4-membered cyclic amide) rings is 1. The smallest absolute Gasteiger partial charge is 0.257 e. The zero-order valence-electron chi connectivity index (χ0n) is 15.5. The highest BCUT2D eigenvalue weighted by molar-refractivity contribution is 5.93. The minimum atomic E-state index is -0.322. The van der Waals surface area contributed by atoms with Crippen molar-refractivity contribution in [3.05, 3.63) is 18.0 Å². The van der Waals surface area contributed by atoms with Gasteiger partial charge < -0.3 is 14.5 Å². The lowest BCUT2D eigenvalue weighted by molar-refractivity contribution is -0.181. The molecule has 2 atom stereocenters. The van der Waals surface area contributed by atoms with Crippen LogP contribution < -0.4 is 0 Å². The van der Waals surface area contributed by atoms with E-state index in [2.05, 4.69) is 5.10 Å². The summed E-state index contributed by atoms with van der Waals surface area (Å²) in [6.07, 6.45) is 4.92. The zero-order chi connectivity index (χ0) is 18.1. The lowest BCUT2D eigenvalue weighted by Crippen LogP contribution is -2.70. The molecule has 0 saturated carbocycles. The van der Waals surface area contributed by atoms with Crippen molar-refractivity contribution in [1.29, 1.82) is 0 Å². The van der Waals surface area contributed by atoms with Gasteiger partial charge in [-0.15, -0.1) is 0 Å². The Balaban J connectivity index is 1.61. The topological polar surface area (TPSA) is 67.7 Å². The van der Waals surface area contributed by atoms with Crippen molar-refractivity contribution in [2.45, 2.75) is 58.3 Å². The number of amides is 2. The zero-order valence-corrected chi connectivity index (χ0v) is 15.5. The third-order valence-electron chi connectivity index (χ3n) is 5.45. The predicted molar refractivity (Wildman–Crippen MR) is 93.1 cm³/mol. The molecule has 1 aromatic heterocycles. The molecule has 0 N–H and O–H groups in total. The molecule has 25 heavy (non-hydrogen) atoms. The SMILES string of the molecule is CCn1cc(C(=O)N2CCC(C3C(OC)C(=O)N3C(C)C)CC2)cn1. The highest BCUT2D eigenvalue weighted by Gasteiger charge is 2.52. The van der Waals surface area contributed by atoms with E-state index in [1.807, 2.05) is 30.6 Å². The number of likely N-dealkylation sites (tertiary alicyclic amines) is 2. The van der Waals surface area contributed by atoms with E-state index in [9.17, 15) is 9.59 Å². The monoisotopic (exact) mass is 348 g/mol. The highest BCUT2D eigenvalue weighted by Crippen LogP contribution is 2.36. The fourth-order valence-electron chi connectivity index (χ4n) is 4.09. The van der Waals surface area contributed by atoms with Gasteiger partial charge in [-0.2, -0.15) is 5.10 Å². The molecule has 3 heterocycles. The van der Waals surface area contributed by atoms with Crippen LogP contribution in [-0.2, 0) is 16.1 Å². The molecule has 138 valence electrons. The summed E-state index contributed by atoms with van der Waals surface area (Å²) in [6.45, 7) is 8.28. The molecule has 0 aromatic carbocycles. The number of ether oxygens (including phenoxy) is 1. The quantitative estimate of drug-likeness (QED) is 0.754. The van der Waals surface area contributed by atoms with Crippen LogP contribution in [0.4, 0.5) is 0 Å². The van der Waals surface area contributed by atoms with Gasteiger partial charge in [-0.3, -0.25) is 14.3 Å². The van der Waals surface area contributed by atoms with Crippen LogP contribution in [0.2, 0.25) is 0 Å². The number of aryl methyl sites for hydroxylation is 1. The van der Waals surface area contributed by atoms with Gasteiger partial charge in [0, 0.05) is 39.0 Å². The van der Waals surface area contributed by atoms with Crippen LogP contribution in [0.3, 0.4) is 0 Å². The number of hydrogen-bond donors (Lipinski definition) is 0. The molecule has 2 aliphatic heterocycles. The summed E-state index contributed by atoms with van der Waals surface area (Å²) in [7, 11) is 1.61. The van der Waals surface area contributed by atoms with Crippen molar-refractivity contribution in [3.8, 4) is 0 Å². The van der Waals surface area contributed by atoms with E-state index in [0.29, 0.717) is 24.6 Å². The van der Waals surface area contributed by atoms with Crippen LogP contribution in [0, 0.1) is 5.92 Å². The number of aromatic nitrogens is 2. The lowest BCUT2D eigenvalue weighted by atomic mass is 9.79. The largest absolute Gasteiger partial charge is 0.369 e. The van der Waals surface area contributed by atoms with Gasteiger partial charge in [0.25, 0.3) is 11.8 Å². The van der Waals surface area contributed by atoms with E-state index < -0.39 is 0 Å². The van der Waals surface area contributed by atoms with Crippen LogP contribution in [0.1, 0.15) is 44.0 Å². The first kappa shape index (κ1) is 17.9. The van der Waals surface area contributed by atoms with Gasteiger partial charge >= 0.3 is 0 Å². The summed E-state index contributed by atoms with van der Waals surface area (Å²) in [5.74, 6) is 0.521. The fraction of sp³-hybridized carbons (Fsp3) is 0.722. The second kappa shape index (κ2) is 7.15. The maximum absolute atomic E-state index is 12.6. The van der Waals surface area contributed by atoms with Gasteiger partial charge in [-0.05, 0) is 39.5 Å². The molecule has 0 radical (unpaired) electrons. The fourth-order valence-corrected chi connectivity index (χ4v) is 4.09. The van der Waals surface area contributed by atoms with Gasteiger partial charge in [-0.1, -0.05) is 0 Å². The predicted octanol–water partition coefficient (Wildman–Crippen LogP) is 1.39. The molecule has 2 aliphatic rings. The van der Waals surface area contributed by atoms with E-state index in [1.165, 1.54) is 0 Å². The van der Waals surface area contributed by atoms with E-state index >= 15 is 0 Å². The Labute approximate surface area is 148 Å². The van der Waals surface area contributed by atoms with Crippen LogP contribution in [-0.4, -0.2) is 69.8 Å². The van der Waals surface area contributed by atoms with Crippen molar-refractivity contribution >= 4 is 11.8 Å². The van der Waals surface area contributed by atoms with E-state index in [1.54, 1.807) is 24.2 Å². The number of carbonyl (C=O) groups is 2. The number of methoxy groups -OCH3 is 1. The van der Waals surface area contributed by atoms with E-state index in [4.69, 9.17) is 4.74 Å². The molecular formula is C18H28N4O3. The van der Waals surface area contributed by atoms with Crippen molar-refractivity contribution in [1.82, 2.24) is 19.6 Å². The lowest BCUT2D eigenvalue weighted by Gasteiger charge is -2.53. The second-order valence-electron chi connectivity index (χ2n) is 7.20. The number of nitrogens with zero attached hydrogens (tertiary/aromatic N) is 4. The van der Waals surface area contributed by atoms with E-state index in [-0.39, 0.29) is 30.0 Å². The van der Waals surface area contributed by atoms with Gasteiger partial charge in [-0.25, -0.2) is 0 Å². The second-order valence-corrected chi connectivity index (χ2v) is 7.20. The van der Waals surface area contributed by atoms with Crippen LogP contribution >= 0.6 is 0 Å². The summed E-state index contributed by atoms with van der Waals surface area (Å²) >= 11 is 0. The molecule has 7 nitrogen and oxygen atoms in total. The minimum Gasteiger partial charge on any atom is -0.369 e. The van der Waals surface area contributed by atoms with Crippen molar-refractivity contribution in [2.75, 3.05) is 20.2 Å². The molecular weight excluding hydrogens is 320 g/mol. The summed E-state index contributed by atoms with van der Waals surface area (Å²) in [5, 5.41) is 4.18. The van der Waals surface area contributed by atoms with Crippen molar-refractivity contribution in [2.24, 2.45) is 5.92 Å². The third kappa shape index (κ3) is 3.17. The molecule has 3 rings (SSSR count). The molecule has 7 heteroatoms. The maximum atomic E-state index is 12.6. The number of rotatable bonds is 5. The summed E-state index contributed by atoms with van der Waals surface area (Å²) < 4.78 is 7.19.